The summed E-state index contributed by atoms with van der Waals surface area (Å²) >= 11 is 0. The third-order valence-corrected chi connectivity index (χ3v) is 0.979. The van der Waals surface area contributed by atoms with Gasteiger partial charge in [0.2, 0.25) is 0 Å². The molecule has 0 bridgehead atoms. The fraction of sp³-hybridized carbons (Fsp3) is 1.00. The molecular formula is C8H20O5. The van der Waals surface area contributed by atoms with Gasteiger partial charge in [0.1, 0.15) is 0 Å². The minimum atomic E-state index is -0.445. The number of hydrogen-bond acceptors (Lipinski definition) is 5. The highest BCUT2D eigenvalue weighted by Crippen LogP contribution is 1.90. The van der Waals surface area contributed by atoms with Crippen LogP contribution >= 0.6 is 0 Å². The molecule has 0 spiro atoms. The average Bonchev–Trinajstić information content (AvgIpc) is 2.14. The minimum absolute atomic E-state index is 0.00667. The van der Waals surface area contributed by atoms with E-state index in [1.165, 1.54) is 0 Å². The first kappa shape index (κ1) is 15.3. The predicted octanol–water partition coefficient (Wildman–Crippen LogP) is -1.26. The summed E-state index contributed by atoms with van der Waals surface area (Å²) in [5.74, 6) is 0. The molecule has 0 saturated carbocycles. The predicted molar refractivity (Wildman–Crippen MR) is 48.4 cm³/mol. The largest absolute Gasteiger partial charge is 0.394 e. The second kappa shape index (κ2) is 11.8. The molecule has 0 amide bonds. The minimum Gasteiger partial charge on any atom is -0.394 e. The van der Waals surface area contributed by atoms with E-state index >= 15 is 0 Å². The van der Waals surface area contributed by atoms with Gasteiger partial charge in [0.05, 0.1) is 38.6 Å². The summed E-state index contributed by atoms with van der Waals surface area (Å²) in [5.41, 5.74) is 0. The highest BCUT2D eigenvalue weighted by molar-refractivity contribution is 4.47. The van der Waals surface area contributed by atoms with Crippen molar-refractivity contribution in [2.75, 3.05) is 26.4 Å². The van der Waals surface area contributed by atoms with Crippen LogP contribution in [0.2, 0.25) is 0 Å². The normalized spacial score (nSPS) is 14.3. The molecule has 0 aromatic rings. The van der Waals surface area contributed by atoms with Crippen molar-refractivity contribution in [2.24, 2.45) is 0 Å². The Hall–Kier alpha value is -0.200. The van der Waals surface area contributed by atoms with Crippen LogP contribution in [-0.2, 0) is 4.74 Å². The van der Waals surface area contributed by atoms with Gasteiger partial charge in [-0.05, 0) is 13.8 Å². The van der Waals surface area contributed by atoms with Crippen LogP contribution in [0.3, 0.4) is 0 Å². The second-order valence-electron chi connectivity index (χ2n) is 2.62. The summed E-state index contributed by atoms with van der Waals surface area (Å²) in [4.78, 5) is 0. The lowest BCUT2D eigenvalue weighted by molar-refractivity contribution is -0.0177. The Balaban J connectivity index is 0. The van der Waals surface area contributed by atoms with Gasteiger partial charge >= 0.3 is 0 Å². The first-order valence-corrected chi connectivity index (χ1v) is 4.20. The molecule has 0 fully saturated rings. The summed E-state index contributed by atoms with van der Waals surface area (Å²) < 4.78 is 4.95. The van der Waals surface area contributed by atoms with Crippen molar-refractivity contribution < 1.29 is 25.2 Å². The Morgan fingerprint density at radius 1 is 1.08 bits per heavy atom. The number of aliphatic hydroxyl groups is 4. The maximum Gasteiger partial charge on any atom is 0.0779 e. The Morgan fingerprint density at radius 3 is 1.77 bits per heavy atom. The number of rotatable bonds is 5. The SMILES string of the molecule is CC(O)COC(C)CO.OCCO. The van der Waals surface area contributed by atoms with E-state index in [1.54, 1.807) is 13.8 Å². The quantitative estimate of drug-likeness (QED) is 0.440. The van der Waals surface area contributed by atoms with Gasteiger partial charge in [-0.2, -0.15) is 0 Å². The van der Waals surface area contributed by atoms with E-state index < -0.39 is 6.10 Å². The second-order valence-corrected chi connectivity index (χ2v) is 2.62. The van der Waals surface area contributed by atoms with Gasteiger partial charge in [0, 0.05) is 0 Å². The molecule has 0 aromatic carbocycles. The van der Waals surface area contributed by atoms with Crippen molar-refractivity contribution >= 4 is 0 Å². The lowest BCUT2D eigenvalue weighted by atomic mass is 10.4. The Kier molecular flexibility index (Phi) is 13.9. The van der Waals surface area contributed by atoms with Gasteiger partial charge in [-0.3, -0.25) is 0 Å². The number of aliphatic hydroxyl groups excluding tert-OH is 4. The maximum absolute atomic E-state index is 8.69. The van der Waals surface area contributed by atoms with Gasteiger partial charge in [0.15, 0.2) is 0 Å². The Labute approximate surface area is 78.6 Å². The van der Waals surface area contributed by atoms with E-state index in [1.807, 2.05) is 0 Å². The molecule has 2 unspecified atom stereocenters. The molecule has 82 valence electrons. The first-order valence-electron chi connectivity index (χ1n) is 4.20. The summed E-state index contributed by atoms with van der Waals surface area (Å²) in [7, 11) is 0. The zero-order valence-corrected chi connectivity index (χ0v) is 8.18. The standard InChI is InChI=1S/C6H14O3.C2H6O2/c1-5(8)4-9-6(2)3-7;3-1-2-4/h5-8H,3-4H2,1-2H3;3-4H,1-2H2. The van der Waals surface area contributed by atoms with Crippen LogP contribution in [0.5, 0.6) is 0 Å². The van der Waals surface area contributed by atoms with Gasteiger partial charge in [-0.25, -0.2) is 0 Å². The summed E-state index contributed by atoms with van der Waals surface area (Å²) in [6.45, 7) is 3.45. The highest BCUT2D eigenvalue weighted by Gasteiger charge is 2.00. The Morgan fingerprint density at radius 2 is 1.54 bits per heavy atom. The van der Waals surface area contributed by atoms with E-state index in [0.717, 1.165) is 0 Å². The monoisotopic (exact) mass is 196 g/mol. The number of ether oxygens (including phenoxy) is 1. The van der Waals surface area contributed by atoms with Crippen LogP contribution in [0.1, 0.15) is 13.8 Å². The van der Waals surface area contributed by atoms with Gasteiger partial charge in [-0.15, -0.1) is 0 Å². The summed E-state index contributed by atoms with van der Waals surface area (Å²) in [5, 5.41) is 32.4. The van der Waals surface area contributed by atoms with Gasteiger partial charge in [0.25, 0.3) is 0 Å². The zero-order chi connectivity index (χ0) is 10.7. The van der Waals surface area contributed by atoms with Crippen molar-refractivity contribution in [3.8, 4) is 0 Å². The molecule has 0 aliphatic heterocycles. The van der Waals surface area contributed by atoms with Crippen molar-refractivity contribution in [3.05, 3.63) is 0 Å². The summed E-state index contributed by atoms with van der Waals surface area (Å²) in [6.07, 6.45) is -0.612. The molecule has 0 aliphatic rings. The molecule has 0 aliphatic carbocycles. The third kappa shape index (κ3) is 18.6. The van der Waals surface area contributed by atoms with Crippen LogP contribution in [0.15, 0.2) is 0 Å². The lowest BCUT2D eigenvalue weighted by Crippen LogP contribution is -2.19. The fourth-order valence-corrected chi connectivity index (χ4v) is 0.356. The number of hydrogen-bond donors (Lipinski definition) is 4. The van der Waals surface area contributed by atoms with E-state index in [4.69, 9.17) is 25.2 Å². The zero-order valence-electron chi connectivity index (χ0n) is 8.18. The molecule has 0 saturated heterocycles. The van der Waals surface area contributed by atoms with E-state index in [9.17, 15) is 0 Å². The van der Waals surface area contributed by atoms with Gasteiger partial charge < -0.3 is 25.2 Å². The molecule has 5 heteroatoms. The van der Waals surface area contributed by atoms with Crippen LogP contribution < -0.4 is 0 Å². The molecular weight excluding hydrogens is 176 g/mol. The lowest BCUT2D eigenvalue weighted by Gasteiger charge is -2.10. The molecule has 13 heavy (non-hydrogen) atoms. The van der Waals surface area contributed by atoms with Gasteiger partial charge in [-0.1, -0.05) is 0 Å². The average molecular weight is 196 g/mol. The molecule has 0 aromatic heterocycles. The third-order valence-electron chi connectivity index (χ3n) is 0.979. The topological polar surface area (TPSA) is 90.2 Å². The van der Waals surface area contributed by atoms with Crippen LogP contribution in [0, 0.1) is 0 Å². The van der Waals surface area contributed by atoms with Crippen LogP contribution in [-0.4, -0.2) is 59.1 Å². The molecule has 2 atom stereocenters. The van der Waals surface area contributed by atoms with Crippen molar-refractivity contribution in [2.45, 2.75) is 26.1 Å². The smallest absolute Gasteiger partial charge is 0.0779 e. The van der Waals surface area contributed by atoms with E-state index in [2.05, 4.69) is 0 Å². The molecule has 0 heterocycles. The molecule has 0 rings (SSSR count). The van der Waals surface area contributed by atoms with Crippen LogP contribution in [0.25, 0.3) is 0 Å². The fourth-order valence-electron chi connectivity index (χ4n) is 0.356. The molecule has 5 nitrogen and oxygen atoms in total. The van der Waals surface area contributed by atoms with E-state index in [-0.39, 0.29) is 25.9 Å². The maximum atomic E-state index is 8.69. The van der Waals surface area contributed by atoms with Crippen molar-refractivity contribution in [3.63, 3.8) is 0 Å². The van der Waals surface area contributed by atoms with Crippen LogP contribution in [0.4, 0.5) is 0 Å². The summed E-state index contributed by atoms with van der Waals surface area (Å²) in [6, 6.07) is 0. The Bertz CT molecular complexity index is 84.6. The van der Waals surface area contributed by atoms with E-state index in [0.29, 0.717) is 6.61 Å². The van der Waals surface area contributed by atoms with Crippen molar-refractivity contribution in [1.29, 1.82) is 0 Å². The molecule has 0 radical (unpaired) electrons. The highest BCUT2D eigenvalue weighted by atomic mass is 16.5. The first-order chi connectivity index (χ1) is 6.08. The van der Waals surface area contributed by atoms with Crippen molar-refractivity contribution in [1.82, 2.24) is 0 Å². The molecule has 4 N–H and O–H groups in total.